The summed E-state index contributed by atoms with van der Waals surface area (Å²) in [4.78, 5) is 1.13. The number of aryl methyl sites for hydroxylation is 1. The molecule has 2 rings (SSSR count). The second kappa shape index (κ2) is 5.55. The molecule has 0 aliphatic heterocycles. The zero-order valence-electron chi connectivity index (χ0n) is 11.3. The Kier molecular flexibility index (Phi) is 4.33. The molecule has 1 N–H and O–H groups in total. The van der Waals surface area contributed by atoms with Gasteiger partial charge in [0, 0.05) is 23.9 Å². The Balaban J connectivity index is 2.19. The average molecular weight is 379 g/mol. The quantitative estimate of drug-likeness (QED) is 0.861. The van der Waals surface area contributed by atoms with Crippen LogP contribution in [0.5, 0.6) is 0 Å². The third-order valence-electron chi connectivity index (χ3n) is 2.88. The Hall–Kier alpha value is -0.770. The molecule has 0 saturated heterocycles. The second-order valence-corrected chi connectivity index (χ2v) is 8.38. The summed E-state index contributed by atoms with van der Waals surface area (Å²) in [5.41, 5.74) is -0.278. The fourth-order valence-corrected chi connectivity index (χ4v) is 4.86. The molecule has 0 atom stereocenters. The summed E-state index contributed by atoms with van der Waals surface area (Å²) in [5, 5.41) is 9.38. The number of halogens is 1. The van der Waals surface area contributed by atoms with Crippen LogP contribution >= 0.6 is 27.3 Å². The average Bonchev–Trinajstić information content (AvgIpc) is 2.98. The summed E-state index contributed by atoms with van der Waals surface area (Å²) >= 11 is 4.71. The van der Waals surface area contributed by atoms with E-state index in [0.717, 1.165) is 4.88 Å². The monoisotopic (exact) mass is 378 g/mol. The van der Waals surface area contributed by atoms with Crippen LogP contribution < -0.4 is 4.72 Å². The molecule has 0 unspecified atom stereocenters. The Labute approximate surface area is 130 Å². The predicted molar refractivity (Wildman–Crippen MR) is 81.2 cm³/mol. The third kappa shape index (κ3) is 3.11. The largest absolute Gasteiger partial charge is 0.260 e. The van der Waals surface area contributed by atoms with E-state index < -0.39 is 10.0 Å². The van der Waals surface area contributed by atoms with Gasteiger partial charge in [-0.3, -0.25) is 0 Å². The molecule has 0 amide bonds. The van der Waals surface area contributed by atoms with Crippen molar-refractivity contribution in [2.75, 3.05) is 6.54 Å². The highest BCUT2D eigenvalue weighted by atomic mass is 79.9. The van der Waals surface area contributed by atoms with Gasteiger partial charge in [0.1, 0.15) is 0 Å². The molecular weight excluding hydrogens is 364 g/mol. The smallest absolute Gasteiger partial charge is 0.235 e. The van der Waals surface area contributed by atoms with Crippen molar-refractivity contribution in [1.82, 2.24) is 19.7 Å². The molecule has 0 aromatic carbocycles. The first-order valence-corrected chi connectivity index (χ1v) is 8.98. The normalized spacial score (nSPS) is 12.8. The maximum absolute atomic E-state index is 12.3. The van der Waals surface area contributed by atoms with E-state index in [4.69, 9.17) is 0 Å². The van der Waals surface area contributed by atoms with Crippen molar-refractivity contribution in [1.29, 1.82) is 0 Å². The standard InChI is InChI=1S/C11H15BrN4O2S2/c1-11(2,8-5-4-6-19-8)7-13-20(17,18)10-9(12)14-15-16(10)3/h4-6,13H,7H2,1-3H3. The predicted octanol–water partition coefficient (Wildman–Crippen LogP) is 1.90. The Bertz CT molecular complexity index is 673. The molecule has 6 nitrogen and oxygen atoms in total. The van der Waals surface area contributed by atoms with Crippen molar-refractivity contribution in [3.8, 4) is 0 Å². The van der Waals surface area contributed by atoms with E-state index in [2.05, 4.69) is 31.0 Å². The van der Waals surface area contributed by atoms with Gasteiger partial charge in [-0.25, -0.2) is 17.8 Å². The number of rotatable bonds is 5. The summed E-state index contributed by atoms with van der Waals surface area (Å²) in [6.45, 7) is 4.29. The van der Waals surface area contributed by atoms with E-state index in [1.54, 1.807) is 11.3 Å². The maximum Gasteiger partial charge on any atom is 0.260 e. The first kappa shape index (κ1) is 15.6. The van der Waals surface area contributed by atoms with Crippen molar-refractivity contribution in [2.45, 2.75) is 24.3 Å². The lowest BCUT2D eigenvalue weighted by Crippen LogP contribution is -2.37. The van der Waals surface area contributed by atoms with Crippen molar-refractivity contribution < 1.29 is 8.42 Å². The van der Waals surface area contributed by atoms with Gasteiger partial charge in [0.25, 0.3) is 10.0 Å². The van der Waals surface area contributed by atoms with Gasteiger partial charge >= 0.3 is 0 Å². The van der Waals surface area contributed by atoms with Gasteiger partial charge in [-0.1, -0.05) is 25.1 Å². The molecule has 0 radical (unpaired) electrons. The maximum atomic E-state index is 12.3. The fraction of sp³-hybridized carbons (Fsp3) is 0.455. The van der Waals surface area contributed by atoms with Gasteiger partial charge in [0.2, 0.25) is 5.03 Å². The molecule has 9 heteroatoms. The zero-order chi connectivity index (χ0) is 15.0. The van der Waals surface area contributed by atoms with E-state index in [1.165, 1.54) is 11.7 Å². The summed E-state index contributed by atoms with van der Waals surface area (Å²) in [6.07, 6.45) is 0. The van der Waals surface area contributed by atoms with Crippen LogP contribution in [-0.4, -0.2) is 30.0 Å². The van der Waals surface area contributed by atoms with Gasteiger partial charge in [0.05, 0.1) is 0 Å². The fourth-order valence-electron chi connectivity index (χ4n) is 1.70. The molecule has 20 heavy (non-hydrogen) atoms. The van der Waals surface area contributed by atoms with E-state index in [-0.39, 0.29) is 15.0 Å². The van der Waals surface area contributed by atoms with Gasteiger partial charge in [0.15, 0.2) is 4.60 Å². The SMILES string of the molecule is Cn1nnc(Br)c1S(=O)(=O)NCC(C)(C)c1cccs1. The van der Waals surface area contributed by atoms with E-state index in [0.29, 0.717) is 6.54 Å². The molecule has 2 aromatic heterocycles. The van der Waals surface area contributed by atoms with E-state index in [9.17, 15) is 8.42 Å². The molecule has 110 valence electrons. The first-order chi connectivity index (χ1) is 9.24. The minimum Gasteiger partial charge on any atom is -0.235 e. The molecule has 0 spiro atoms. The van der Waals surface area contributed by atoms with E-state index in [1.807, 2.05) is 31.4 Å². The van der Waals surface area contributed by atoms with Gasteiger partial charge in [-0.15, -0.1) is 16.4 Å². The lowest BCUT2D eigenvalue weighted by molar-refractivity contribution is 0.503. The molecule has 0 aliphatic carbocycles. The second-order valence-electron chi connectivity index (χ2n) is 4.99. The van der Waals surface area contributed by atoms with E-state index >= 15 is 0 Å². The number of hydrogen-bond acceptors (Lipinski definition) is 5. The van der Waals surface area contributed by atoms with Crippen LogP contribution in [0, 0.1) is 0 Å². The lowest BCUT2D eigenvalue weighted by Gasteiger charge is -2.23. The minimum atomic E-state index is -3.66. The van der Waals surface area contributed by atoms with Crippen LogP contribution in [0.3, 0.4) is 0 Å². The third-order valence-corrected chi connectivity index (χ3v) is 6.41. The number of nitrogens with one attached hydrogen (secondary N) is 1. The highest BCUT2D eigenvalue weighted by molar-refractivity contribution is 9.10. The Morgan fingerprint density at radius 2 is 2.20 bits per heavy atom. The molecule has 0 bridgehead atoms. The van der Waals surface area contributed by atoms with Gasteiger partial charge < -0.3 is 0 Å². The molecule has 0 saturated carbocycles. The van der Waals surface area contributed by atoms with Crippen LogP contribution in [0.2, 0.25) is 0 Å². The topological polar surface area (TPSA) is 76.9 Å². The molecule has 0 fully saturated rings. The molecule has 2 aromatic rings. The van der Waals surface area contributed by atoms with Crippen LogP contribution in [0.4, 0.5) is 0 Å². The minimum absolute atomic E-state index is 0.0273. The molecule has 0 aliphatic rings. The highest BCUT2D eigenvalue weighted by Gasteiger charge is 2.28. The lowest BCUT2D eigenvalue weighted by atomic mass is 9.92. The Morgan fingerprint density at radius 3 is 2.70 bits per heavy atom. The van der Waals surface area contributed by atoms with Crippen molar-refractivity contribution >= 4 is 37.3 Å². The number of nitrogens with zero attached hydrogens (tertiary/aromatic N) is 3. The van der Waals surface area contributed by atoms with Crippen LogP contribution in [0.1, 0.15) is 18.7 Å². The Morgan fingerprint density at radius 1 is 1.50 bits per heavy atom. The summed E-state index contributed by atoms with van der Waals surface area (Å²) in [5.74, 6) is 0. The van der Waals surface area contributed by atoms with Crippen molar-refractivity contribution in [3.05, 3.63) is 27.0 Å². The highest BCUT2D eigenvalue weighted by Crippen LogP contribution is 2.27. The van der Waals surface area contributed by atoms with Crippen LogP contribution in [0.25, 0.3) is 0 Å². The summed E-state index contributed by atoms with van der Waals surface area (Å²) < 4.78 is 28.7. The van der Waals surface area contributed by atoms with Gasteiger partial charge in [-0.05, 0) is 27.4 Å². The summed E-state index contributed by atoms with van der Waals surface area (Å²) in [6, 6.07) is 3.96. The van der Waals surface area contributed by atoms with Gasteiger partial charge in [-0.2, -0.15) is 0 Å². The molecular formula is C11H15BrN4O2S2. The summed E-state index contributed by atoms with van der Waals surface area (Å²) in [7, 11) is -2.12. The first-order valence-electron chi connectivity index (χ1n) is 5.83. The number of hydrogen-bond donors (Lipinski definition) is 1. The van der Waals surface area contributed by atoms with Crippen molar-refractivity contribution in [3.63, 3.8) is 0 Å². The molecule has 2 heterocycles. The van der Waals surface area contributed by atoms with Crippen LogP contribution in [-0.2, 0) is 22.5 Å². The van der Waals surface area contributed by atoms with Crippen LogP contribution in [0.15, 0.2) is 27.1 Å². The number of sulfonamides is 1. The number of aromatic nitrogens is 3. The zero-order valence-corrected chi connectivity index (χ0v) is 14.5. The number of thiophene rings is 1. The van der Waals surface area contributed by atoms with Crippen molar-refractivity contribution in [2.24, 2.45) is 7.05 Å².